The van der Waals surface area contributed by atoms with Crippen LogP contribution in [-0.4, -0.2) is 162 Å². The summed E-state index contributed by atoms with van der Waals surface area (Å²) in [5.41, 5.74) is 2.41. The molecule has 4 N–H and O–H groups in total. The van der Waals surface area contributed by atoms with Crippen molar-refractivity contribution in [3.63, 3.8) is 0 Å². The summed E-state index contributed by atoms with van der Waals surface area (Å²) in [5, 5.41) is 10.7. The van der Waals surface area contributed by atoms with Gasteiger partial charge in [-0.05, 0) is 67.8 Å². The number of ketones is 3. The molecule has 29 nitrogen and oxygen atoms in total. The van der Waals surface area contributed by atoms with Crippen LogP contribution in [0.4, 0.5) is 111 Å². The Morgan fingerprint density at radius 3 is 1.32 bits per heavy atom. The topological polar surface area (TPSA) is 338 Å². The van der Waals surface area contributed by atoms with Gasteiger partial charge >= 0.3 is 36.6 Å². The number of Topliss-reactive ketones (excluding diaryl/α,β-unsaturated/α-hetero) is 3. The molecule has 6 atom stereocenters. The molecule has 7 amide bonds. The van der Waals surface area contributed by atoms with E-state index in [-0.39, 0.29) is 75.9 Å². The number of nitrogens with zero attached hydrogens (tertiary/aromatic N) is 15. The molecular weight excluding hydrogens is 1440 g/mol. The van der Waals surface area contributed by atoms with Crippen molar-refractivity contribution in [2.75, 3.05) is 89.9 Å². The van der Waals surface area contributed by atoms with Crippen LogP contribution < -0.4 is 56.2 Å². The third-order valence-corrected chi connectivity index (χ3v) is 18.9. The van der Waals surface area contributed by atoms with Gasteiger partial charge in [0.15, 0.2) is 58.1 Å². The molecule has 0 spiro atoms. The third-order valence-electron chi connectivity index (χ3n) is 18.9. The first-order valence-corrected chi connectivity index (χ1v) is 34.0. The molecule has 3 fully saturated rings. The maximum Gasteiger partial charge on any atom is 0.391 e. The van der Waals surface area contributed by atoms with Gasteiger partial charge < -0.3 is 38.7 Å². The number of carbonyl (C=O) groups is 7. The fraction of sp³-hybridized carbons (Fsp3) is 0.400. The molecule has 108 heavy (non-hydrogen) atoms. The summed E-state index contributed by atoms with van der Waals surface area (Å²) in [4.78, 5) is 146. The van der Waals surface area contributed by atoms with Crippen LogP contribution in [0, 0.1) is 31.6 Å². The molecule has 38 heteroatoms. The Balaban J connectivity index is 0.000000152. The zero-order valence-corrected chi connectivity index (χ0v) is 58.8. The van der Waals surface area contributed by atoms with Gasteiger partial charge in [-0.1, -0.05) is 20.8 Å². The molecule has 8 aromatic rings. The minimum atomic E-state index is -4.51. The number of hydrogen-bond acceptors (Lipinski definition) is 21. The van der Waals surface area contributed by atoms with E-state index in [1.54, 1.807) is 44.3 Å². The van der Waals surface area contributed by atoms with Crippen molar-refractivity contribution in [3.8, 4) is 22.8 Å². The van der Waals surface area contributed by atoms with Gasteiger partial charge in [0, 0.05) is 122 Å². The van der Waals surface area contributed by atoms with E-state index in [4.69, 9.17) is 8.83 Å². The predicted octanol–water partition coefficient (Wildman–Crippen LogP) is 12.2. The number of aromatic nitrogens is 9. The van der Waals surface area contributed by atoms with Crippen molar-refractivity contribution in [1.82, 2.24) is 44.4 Å². The van der Waals surface area contributed by atoms with E-state index in [1.807, 2.05) is 14.7 Å². The average Bonchev–Trinajstić information content (AvgIpc) is 1.54. The highest BCUT2D eigenvalue weighted by atomic mass is 19.4. The van der Waals surface area contributed by atoms with Crippen LogP contribution in [0.1, 0.15) is 109 Å². The molecule has 0 unspecified atom stereocenters. The van der Waals surface area contributed by atoms with E-state index in [0.717, 1.165) is 20.8 Å². The van der Waals surface area contributed by atoms with Crippen molar-refractivity contribution >= 4 is 98.9 Å². The highest BCUT2D eigenvalue weighted by molar-refractivity contribution is 6.08. The van der Waals surface area contributed by atoms with Crippen LogP contribution in [-0.2, 0) is 11.8 Å². The smallest absolute Gasteiger partial charge is 0.391 e. The lowest BCUT2D eigenvalue weighted by Gasteiger charge is -2.35. The van der Waals surface area contributed by atoms with Gasteiger partial charge in [-0.3, -0.25) is 49.3 Å². The van der Waals surface area contributed by atoms with E-state index in [1.165, 1.54) is 94.6 Å². The standard InChI is InChI=1S/C25H25F3N6O4.C23H22F3N7O3.C22H23F3N6O3/c1-13(25(26,27)28)8-20(35)17-4-5-19-22(30-17)34(16-6-7-33(19)12-16)24(37)31-18-9-15(11-32(3)23(18)36)21-10-29-14(2)38-21;1-12(23(24,25)26)7-18(34)15-3-4-17-21(30-15)33(14-5-6-32(17)10-14)22(35)31-20-8-16(28-11-29-20)19-9-27-13(2)36-19;1-12(22(23,24)25)9-18(33)16-3-4-17-20(28-16)31(15-6-8-30(17)11-15)21(34)29-19-10-14(5-7-26-19)27-13(2)32/h4-5,9-11,13,16H,6-8,12H2,1-3H3,(H,31,37);3-4,8-9,11-12,14H,5-7,10H2,1-2H3,(H,28,29,31,35);3-5,7,10,12,15H,6,8-9,11H2,1-2H3,(H2,26,27,29,32,34)/t13-,16-;12-,14-;12-,15-/m000/s1. The number of hydrogen-bond donors (Lipinski definition) is 4. The van der Waals surface area contributed by atoms with Crippen LogP contribution in [0.15, 0.2) is 105 Å². The van der Waals surface area contributed by atoms with Crippen molar-refractivity contribution in [1.29, 1.82) is 0 Å². The third kappa shape index (κ3) is 16.5. The maximum atomic E-state index is 13.6. The lowest BCUT2D eigenvalue weighted by Crippen LogP contribution is -2.49. The molecule has 14 rings (SSSR count). The number of aryl methyl sites for hydroxylation is 3. The number of pyridine rings is 5. The number of urea groups is 3. The van der Waals surface area contributed by atoms with Crippen LogP contribution in [0.3, 0.4) is 0 Å². The van der Waals surface area contributed by atoms with Gasteiger partial charge in [0.2, 0.25) is 5.91 Å². The zero-order chi connectivity index (χ0) is 77.6. The van der Waals surface area contributed by atoms with Crippen molar-refractivity contribution in [3.05, 3.63) is 131 Å². The average molecular weight is 1510 g/mol. The number of anilines is 10. The van der Waals surface area contributed by atoms with E-state index < -0.39 is 96.5 Å². The number of nitrogens with one attached hydrogen (secondary N) is 4. The Labute approximate surface area is 608 Å². The molecule has 6 aliphatic heterocycles. The van der Waals surface area contributed by atoms with Gasteiger partial charge in [-0.2, -0.15) is 39.5 Å². The molecule has 14 heterocycles. The summed E-state index contributed by atoms with van der Waals surface area (Å²) in [7, 11) is 1.54. The Bertz CT molecular complexity index is 4890. The summed E-state index contributed by atoms with van der Waals surface area (Å²) in [5.74, 6) is -5.20. The molecule has 6 aliphatic rings. The second-order valence-corrected chi connectivity index (χ2v) is 26.8. The van der Waals surface area contributed by atoms with Crippen molar-refractivity contribution in [2.45, 2.75) is 117 Å². The summed E-state index contributed by atoms with van der Waals surface area (Å²) in [6.07, 6.45) is -6.44. The molecule has 0 saturated carbocycles. The van der Waals surface area contributed by atoms with Gasteiger partial charge in [0.1, 0.15) is 46.4 Å². The molecule has 568 valence electrons. The molecule has 0 aromatic carbocycles. The second kappa shape index (κ2) is 30.2. The number of carbonyl (C=O) groups excluding carboxylic acids is 7. The van der Waals surface area contributed by atoms with Crippen LogP contribution in [0.2, 0.25) is 0 Å². The largest absolute Gasteiger partial charge is 0.441 e. The minimum Gasteiger partial charge on any atom is -0.441 e. The molecular formula is C70H70F9N19O10. The van der Waals surface area contributed by atoms with Gasteiger partial charge in [0.25, 0.3) is 5.56 Å². The number of amides is 7. The van der Waals surface area contributed by atoms with Crippen LogP contribution in [0.25, 0.3) is 22.8 Å². The van der Waals surface area contributed by atoms with Gasteiger partial charge in [-0.15, -0.1) is 0 Å². The number of oxazole rings is 2. The molecule has 0 radical (unpaired) electrons. The summed E-state index contributed by atoms with van der Waals surface area (Å²) in [6.45, 7) is 11.3. The number of fused-ring (bicyclic) bond motifs is 12. The second-order valence-electron chi connectivity index (χ2n) is 26.8. The first-order chi connectivity index (χ1) is 51.0. The first-order valence-electron chi connectivity index (χ1n) is 34.0. The Kier molecular flexibility index (Phi) is 21.2. The van der Waals surface area contributed by atoms with Crippen molar-refractivity contribution in [2.24, 2.45) is 24.8 Å². The molecule has 3 saturated heterocycles. The summed E-state index contributed by atoms with van der Waals surface area (Å²) >= 11 is 0. The van der Waals surface area contributed by atoms with Gasteiger partial charge in [0.05, 0.1) is 65.3 Å². The number of halogens is 9. The number of rotatable bonds is 15. The fourth-order valence-electron chi connectivity index (χ4n) is 13.1. The quantitative estimate of drug-likeness (QED) is 0.0547. The minimum absolute atomic E-state index is 0.00253. The predicted molar refractivity (Wildman–Crippen MR) is 374 cm³/mol. The highest BCUT2D eigenvalue weighted by Crippen LogP contribution is 2.44. The SMILES string of the molecule is CC(=O)Nc1ccnc(NC(=O)N2c3nc(C(=O)C[C@H](C)C(F)(F)F)ccc3N3CC[C@H]2C3)c1.Cc1ncc(-c2cc(NC(=O)N3c4nc(C(=O)C[C@H](C)C(F)(F)F)ccc4N4CC[C@H]3C4)c(=O)n(C)c2)o1.Cc1ncc(-c2cc(NC(=O)N3c4nc(C(=O)C[C@H](C)C(F)(F)F)ccc4N4CC[C@H]3C4)ncn2)o1. The summed E-state index contributed by atoms with van der Waals surface area (Å²) in [6, 6.07) is 12.7. The Morgan fingerprint density at radius 1 is 0.519 bits per heavy atom. The van der Waals surface area contributed by atoms with E-state index in [9.17, 15) is 77.9 Å². The number of alkyl halides is 9. The normalized spacial score (nSPS) is 17.6. The zero-order valence-electron chi connectivity index (χ0n) is 58.8. The Hall–Kier alpha value is -11.9. The molecule has 0 aliphatic carbocycles. The lowest BCUT2D eigenvalue weighted by molar-refractivity contribution is -0.169. The van der Waals surface area contributed by atoms with Crippen molar-refractivity contribution < 1.29 is 81.9 Å². The van der Waals surface area contributed by atoms with Crippen LogP contribution >= 0.6 is 0 Å². The van der Waals surface area contributed by atoms with Gasteiger partial charge in [-0.25, -0.2) is 54.3 Å². The van der Waals surface area contributed by atoms with Crippen LogP contribution in [0.5, 0.6) is 0 Å². The molecule has 8 aromatic heterocycles. The maximum absolute atomic E-state index is 13.6. The Morgan fingerprint density at radius 2 is 0.926 bits per heavy atom. The highest BCUT2D eigenvalue weighted by Gasteiger charge is 2.46. The van der Waals surface area contributed by atoms with E-state index in [2.05, 4.69) is 61.1 Å². The lowest BCUT2D eigenvalue weighted by atomic mass is 10.0. The van der Waals surface area contributed by atoms with E-state index >= 15 is 0 Å². The van der Waals surface area contributed by atoms with E-state index in [0.29, 0.717) is 116 Å². The first kappa shape index (κ1) is 75.8. The summed E-state index contributed by atoms with van der Waals surface area (Å²) < 4.78 is 129. The monoisotopic (exact) mass is 1510 g/mol. The fourth-order valence-corrected chi connectivity index (χ4v) is 13.1. The molecule has 6 bridgehead atoms.